The molecule has 0 saturated carbocycles. The van der Waals surface area contributed by atoms with E-state index in [1.165, 1.54) is 6.07 Å². The molecule has 2 N–H and O–H groups in total. The van der Waals surface area contributed by atoms with Gasteiger partial charge in [0.25, 0.3) is 5.69 Å². The van der Waals surface area contributed by atoms with Crippen molar-refractivity contribution in [3.63, 3.8) is 0 Å². The summed E-state index contributed by atoms with van der Waals surface area (Å²) in [5.41, 5.74) is 7.18. The van der Waals surface area contributed by atoms with Gasteiger partial charge in [-0.25, -0.2) is 0 Å². The molecule has 2 rings (SSSR count). The first-order valence-electron chi connectivity index (χ1n) is 6.73. The Hall–Kier alpha value is -1.17. The summed E-state index contributed by atoms with van der Waals surface area (Å²) < 4.78 is 0. The minimum Gasteiger partial charge on any atom is -0.327 e. The molecule has 0 amide bonds. The second kappa shape index (κ2) is 7.02. The molecule has 3 atom stereocenters. The fraction of sp³-hybridized carbons (Fsp3) is 0.571. The highest BCUT2D eigenvalue weighted by atomic mass is 35.5. The highest BCUT2D eigenvalue weighted by Gasteiger charge is 2.27. The summed E-state index contributed by atoms with van der Waals surface area (Å²) in [6.45, 7) is 6.17. The Kier molecular flexibility index (Phi) is 5.92. The Morgan fingerprint density at radius 3 is 2.80 bits per heavy atom. The third kappa shape index (κ3) is 3.69. The molecule has 1 aromatic carbocycles. The number of nitro groups is 1. The molecule has 20 heavy (non-hydrogen) atoms. The molecule has 112 valence electrons. The van der Waals surface area contributed by atoms with Crippen molar-refractivity contribution in [1.82, 2.24) is 4.90 Å². The predicted octanol–water partition coefficient (Wildman–Crippen LogP) is 2.75. The summed E-state index contributed by atoms with van der Waals surface area (Å²) >= 11 is 0. The maximum absolute atomic E-state index is 10.8. The molecule has 0 bridgehead atoms. The highest BCUT2D eigenvalue weighted by Crippen LogP contribution is 2.27. The number of rotatable bonds is 3. The molecule has 1 saturated heterocycles. The molecule has 0 spiro atoms. The smallest absolute Gasteiger partial charge is 0.269 e. The lowest BCUT2D eigenvalue weighted by Crippen LogP contribution is -2.46. The normalized spacial score (nSPS) is 24.8. The topological polar surface area (TPSA) is 72.4 Å². The van der Waals surface area contributed by atoms with E-state index >= 15 is 0 Å². The van der Waals surface area contributed by atoms with Crippen molar-refractivity contribution in [2.75, 3.05) is 13.1 Å². The van der Waals surface area contributed by atoms with Crippen LogP contribution in [0.25, 0.3) is 0 Å². The van der Waals surface area contributed by atoms with E-state index in [0.717, 1.165) is 25.1 Å². The maximum Gasteiger partial charge on any atom is 0.269 e. The van der Waals surface area contributed by atoms with E-state index in [9.17, 15) is 10.1 Å². The quantitative estimate of drug-likeness (QED) is 0.688. The lowest BCUT2D eigenvalue weighted by atomic mass is 9.92. The monoisotopic (exact) mass is 299 g/mol. The van der Waals surface area contributed by atoms with Gasteiger partial charge in [0.15, 0.2) is 0 Å². The average molecular weight is 300 g/mol. The molecule has 0 aromatic heterocycles. The minimum absolute atomic E-state index is 0. The lowest BCUT2D eigenvalue weighted by molar-refractivity contribution is -0.385. The largest absolute Gasteiger partial charge is 0.327 e. The van der Waals surface area contributed by atoms with Crippen LogP contribution in [0.3, 0.4) is 0 Å². The maximum atomic E-state index is 10.8. The number of non-ortho nitro benzene ring substituents is 1. The van der Waals surface area contributed by atoms with Crippen LogP contribution in [0.5, 0.6) is 0 Å². The second-order valence-electron chi connectivity index (χ2n) is 5.45. The van der Waals surface area contributed by atoms with Crippen LogP contribution in [0, 0.1) is 16.0 Å². The molecule has 0 radical (unpaired) electrons. The van der Waals surface area contributed by atoms with Crippen molar-refractivity contribution >= 4 is 18.1 Å². The van der Waals surface area contributed by atoms with Crippen LogP contribution in [0.2, 0.25) is 0 Å². The number of nitrogens with zero attached hydrogens (tertiary/aromatic N) is 2. The van der Waals surface area contributed by atoms with Gasteiger partial charge in [0.1, 0.15) is 0 Å². The number of likely N-dealkylation sites (tertiary alicyclic amines) is 1. The van der Waals surface area contributed by atoms with Gasteiger partial charge in [0, 0.05) is 37.3 Å². The van der Waals surface area contributed by atoms with Gasteiger partial charge in [0.2, 0.25) is 0 Å². The van der Waals surface area contributed by atoms with E-state index in [1.807, 2.05) is 6.07 Å². The molecule has 1 aliphatic rings. The average Bonchev–Trinajstić information content (AvgIpc) is 2.41. The van der Waals surface area contributed by atoms with Crippen molar-refractivity contribution in [1.29, 1.82) is 0 Å². The Morgan fingerprint density at radius 1 is 1.50 bits per heavy atom. The van der Waals surface area contributed by atoms with Crippen LogP contribution < -0.4 is 5.73 Å². The van der Waals surface area contributed by atoms with E-state index < -0.39 is 0 Å². The van der Waals surface area contributed by atoms with E-state index in [2.05, 4.69) is 18.7 Å². The van der Waals surface area contributed by atoms with Crippen LogP contribution in [0.1, 0.15) is 31.9 Å². The van der Waals surface area contributed by atoms with Crippen molar-refractivity contribution in [3.8, 4) is 0 Å². The first-order chi connectivity index (χ1) is 8.99. The summed E-state index contributed by atoms with van der Waals surface area (Å²) in [7, 11) is 0. The fourth-order valence-corrected chi connectivity index (χ4v) is 2.66. The number of benzene rings is 1. The Morgan fingerprint density at radius 2 is 2.20 bits per heavy atom. The molecule has 5 nitrogen and oxygen atoms in total. The van der Waals surface area contributed by atoms with Crippen LogP contribution in [-0.2, 0) is 0 Å². The molecule has 1 fully saturated rings. The van der Waals surface area contributed by atoms with Gasteiger partial charge < -0.3 is 5.73 Å². The van der Waals surface area contributed by atoms with Gasteiger partial charge in [-0.3, -0.25) is 15.0 Å². The summed E-state index contributed by atoms with van der Waals surface area (Å²) in [4.78, 5) is 12.8. The number of piperidine rings is 1. The third-order valence-electron chi connectivity index (χ3n) is 4.11. The van der Waals surface area contributed by atoms with Crippen LogP contribution in [0.4, 0.5) is 5.69 Å². The SMILES string of the molecule is CC1CN(C(C)c2cccc([N+](=O)[O-])c2)CCC1N.Cl. The third-order valence-corrected chi connectivity index (χ3v) is 4.11. The molecule has 1 aromatic rings. The number of nitrogens with two attached hydrogens (primary N) is 1. The van der Waals surface area contributed by atoms with Gasteiger partial charge in [-0.05, 0) is 24.8 Å². The number of halogens is 1. The Labute approximate surface area is 125 Å². The van der Waals surface area contributed by atoms with E-state index in [1.54, 1.807) is 12.1 Å². The summed E-state index contributed by atoms with van der Waals surface area (Å²) in [5, 5.41) is 10.8. The summed E-state index contributed by atoms with van der Waals surface area (Å²) in [6, 6.07) is 7.37. The molecule has 1 aliphatic heterocycles. The fourth-order valence-electron chi connectivity index (χ4n) is 2.66. The second-order valence-corrected chi connectivity index (χ2v) is 5.45. The van der Waals surface area contributed by atoms with Crippen LogP contribution >= 0.6 is 12.4 Å². The Balaban J connectivity index is 0.00000200. The number of hydrogen-bond donors (Lipinski definition) is 1. The molecular weight excluding hydrogens is 278 g/mol. The standard InChI is InChI=1S/C14H21N3O2.ClH/c1-10-9-16(7-6-14(10)15)11(2)12-4-3-5-13(8-12)17(18)19;/h3-5,8,10-11,14H,6-7,9,15H2,1-2H3;1H. The van der Waals surface area contributed by atoms with Gasteiger partial charge >= 0.3 is 0 Å². The van der Waals surface area contributed by atoms with E-state index in [0.29, 0.717) is 5.92 Å². The van der Waals surface area contributed by atoms with Crippen molar-refractivity contribution in [2.45, 2.75) is 32.4 Å². The zero-order valence-corrected chi connectivity index (χ0v) is 12.7. The summed E-state index contributed by atoms with van der Waals surface area (Å²) in [6.07, 6.45) is 0.987. The molecule has 3 unspecified atom stereocenters. The van der Waals surface area contributed by atoms with Crippen molar-refractivity contribution in [3.05, 3.63) is 39.9 Å². The van der Waals surface area contributed by atoms with Gasteiger partial charge in [0.05, 0.1) is 4.92 Å². The van der Waals surface area contributed by atoms with Gasteiger partial charge in [-0.15, -0.1) is 12.4 Å². The number of hydrogen-bond acceptors (Lipinski definition) is 4. The van der Waals surface area contributed by atoms with Crippen LogP contribution in [-0.4, -0.2) is 29.0 Å². The number of nitro benzene ring substituents is 1. The molecule has 6 heteroatoms. The molecule has 0 aliphatic carbocycles. The van der Waals surface area contributed by atoms with E-state index in [4.69, 9.17) is 5.73 Å². The Bertz CT molecular complexity index is 469. The zero-order chi connectivity index (χ0) is 14.0. The predicted molar refractivity (Wildman–Crippen MR) is 82.1 cm³/mol. The van der Waals surface area contributed by atoms with Gasteiger partial charge in [-0.1, -0.05) is 19.1 Å². The summed E-state index contributed by atoms with van der Waals surface area (Å²) in [5.74, 6) is 0.467. The van der Waals surface area contributed by atoms with Gasteiger partial charge in [-0.2, -0.15) is 0 Å². The first-order valence-corrected chi connectivity index (χ1v) is 6.73. The molecular formula is C14H22ClN3O2. The first kappa shape index (κ1) is 16.9. The highest BCUT2D eigenvalue weighted by molar-refractivity contribution is 5.85. The minimum atomic E-state index is -0.342. The van der Waals surface area contributed by atoms with Crippen molar-refractivity contribution in [2.24, 2.45) is 11.7 Å². The molecule has 1 heterocycles. The van der Waals surface area contributed by atoms with E-state index in [-0.39, 0.29) is 35.1 Å². The lowest BCUT2D eigenvalue weighted by Gasteiger charge is -2.38. The van der Waals surface area contributed by atoms with Crippen LogP contribution in [0.15, 0.2) is 24.3 Å². The zero-order valence-electron chi connectivity index (χ0n) is 11.9. The van der Waals surface area contributed by atoms with Crippen molar-refractivity contribution < 1.29 is 4.92 Å².